The lowest BCUT2D eigenvalue weighted by atomic mass is 10.0. The monoisotopic (exact) mass is 488 g/mol. The van der Waals surface area contributed by atoms with Gasteiger partial charge in [-0.3, -0.25) is 0 Å². The molecule has 142 valence electrons. The molecular weight excluding hydrogens is 472 g/mol. The summed E-state index contributed by atoms with van der Waals surface area (Å²) < 4.78 is 54.9. The van der Waals surface area contributed by atoms with Crippen LogP contribution in [-0.4, -0.2) is 14.1 Å². The Morgan fingerprint density at radius 2 is 1.81 bits per heavy atom. The zero-order chi connectivity index (χ0) is 19.6. The van der Waals surface area contributed by atoms with Gasteiger partial charge >= 0.3 is 5.97 Å². The van der Waals surface area contributed by atoms with Gasteiger partial charge in [-0.2, -0.15) is 4.39 Å². The van der Waals surface area contributed by atoms with Crippen molar-refractivity contribution >= 4 is 30.2 Å². The molecule has 7 heteroatoms. The number of rotatable bonds is 6. The highest BCUT2D eigenvalue weighted by Gasteiger charge is 2.18. The molecular formula is C20H16F3IO3. The summed E-state index contributed by atoms with van der Waals surface area (Å²) >= 11 is -0.237. The Hall–Kier alpha value is -2.16. The van der Waals surface area contributed by atoms with Crippen LogP contribution in [-0.2, 0) is 4.79 Å². The lowest BCUT2D eigenvalue weighted by molar-refractivity contribution is -0.130. The molecule has 27 heavy (non-hydrogen) atoms. The standard InChI is InChI=1S/C20H16F3IO3/c1-11(2)20(25)27-16-7-3-12(9-15(16)21)14-6-8-17(19(23)18(14)22)26-10-24-13-4-5-13/h3,6-9H,1,4-5,10H2,2H3. The predicted molar refractivity (Wildman–Crippen MR) is 106 cm³/mol. The van der Waals surface area contributed by atoms with Gasteiger partial charge in [-0.1, -0.05) is 33.4 Å². The van der Waals surface area contributed by atoms with Gasteiger partial charge in [-0.15, -0.1) is 0 Å². The smallest absolute Gasteiger partial charge is 0.338 e. The van der Waals surface area contributed by atoms with E-state index in [4.69, 9.17) is 9.47 Å². The summed E-state index contributed by atoms with van der Waals surface area (Å²) in [5.41, 5.74) is 0.124. The van der Waals surface area contributed by atoms with Crippen molar-refractivity contribution < 1.29 is 27.4 Å². The molecule has 0 unspecified atom stereocenters. The van der Waals surface area contributed by atoms with Gasteiger partial charge < -0.3 is 9.47 Å². The van der Waals surface area contributed by atoms with Crippen molar-refractivity contribution in [2.24, 2.45) is 0 Å². The fraction of sp³-hybridized carbons (Fsp3) is 0.200. The Morgan fingerprint density at radius 3 is 2.44 bits per heavy atom. The average Bonchev–Trinajstić information content (AvgIpc) is 3.45. The summed E-state index contributed by atoms with van der Waals surface area (Å²) in [7, 11) is 0. The molecule has 2 aromatic carbocycles. The van der Waals surface area contributed by atoms with Crippen molar-refractivity contribution in [1.29, 1.82) is 0 Å². The first-order valence-corrected chi connectivity index (χ1v) is 10.7. The summed E-state index contributed by atoms with van der Waals surface area (Å²) in [4.78, 5) is 11.5. The Balaban J connectivity index is 1.82. The lowest BCUT2D eigenvalue weighted by Gasteiger charge is -2.11. The lowest BCUT2D eigenvalue weighted by Crippen LogP contribution is -2.09. The second-order valence-electron chi connectivity index (χ2n) is 5.96. The van der Waals surface area contributed by atoms with Gasteiger partial charge in [-0.25, -0.2) is 13.6 Å². The van der Waals surface area contributed by atoms with Crippen LogP contribution in [0.2, 0.25) is 0 Å². The molecule has 0 aliphatic heterocycles. The quantitative estimate of drug-likeness (QED) is 0.177. The molecule has 0 heterocycles. The highest BCUT2D eigenvalue weighted by Crippen LogP contribution is 2.33. The molecule has 3 rings (SSSR count). The topological polar surface area (TPSA) is 35.5 Å². The maximum atomic E-state index is 14.4. The Kier molecular flexibility index (Phi) is 5.98. The Bertz CT molecular complexity index is 948. The first-order chi connectivity index (χ1) is 12.9. The van der Waals surface area contributed by atoms with Crippen LogP contribution in [0.4, 0.5) is 13.2 Å². The van der Waals surface area contributed by atoms with Crippen molar-refractivity contribution in [2.75, 3.05) is 4.61 Å². The van der Waals surface area contributed by atoms with Crippen LogP contribution in [0.3, 0.4) is 0 Å². The van der Waals surface area contributed by atoms with Crippen LogP contribution in [0.15, 0.2) is 42.5 Å². The molecule has 1 saturated carbocycles. The minimum atomic E-state index is -1.11. The van der Waals surface area contributed by atoms with E-state index in [2.05, 4.69) is 6.58 Å². The number of esters is 1. The number of carbonyl (C=O) groups is 1. The number of carbonyl (C=O) groups excluding carboxylic acids is 1. The van der Waals surface area contributed by atoms with Crippen LogP contribution in [0.1, 0.15) is 19.8 Å². The van der Waals surface area contributed by atoms with E-state index in [0.717, 1.165) is 18.9 Å². The second-order valence-corrected chi connectivity index (χ2v) is 8.87. The molecule has 2 aromatic rings. The summed E-state index contributed by atoms with van der Waals surface area (Å²) in [5.74, 6) is -4.31. The minimum Gasteiger partial charge on any atom is -0.481 e. The summed E-state index contributed by atoms with van der Waals surface area (Å²) in [6.45, 7) is 4.84. The average molecular weight is 488 g/mol. The van der Waals surface area contributed by atoms with Crippen LogP contribution < -0.4 is 9.47 Å². The Labute approximate surface area is 164 Å². The number of benzene rings is 2. The van der Waals surface area contributed by atoms with Crippen molar-refractivity contribution in [1.82, 2.24) is 0 Å². The number of hydrogen-bond donors (Lipinski definition) is 0. The third-order valence-corrected chi connectivity index (χ3v) is 6.51. The zero-order valence-corrected chi connectivity index (χ0v) is 16.6. The van der Waals surface area contributed by atoms with Crippen LogP contribution in [0.5, 0.6) is 11.5 Å². The SMILES string of the molecule is C=C(C)C(=O)Oc1ccc(-c2ccc(OCI=C3CC3)c(F)c2F)cc1F. The van der Waals surface area contributed by atoms with Gasteiger partial charge in [0.2, 0.25) is 5.82 Å². The molecule has 0 saturated heterocycles. The van der Waals surface area contributed by atoms with E-state index < -0.39 is 23.4 Å². The molecule has 0 atom stereocenters. The van der Waals surface area contributed by atoms with E-state index in [-0.39, 0.29) is 48.9 Å². The summed E-state index contributed by atoms with van der Waals surface area (Å²) in [5, 5.41) is 0. The van der Waals surface area contributed by atoms with E-state index in [9.17, 15) is 18.0 Å². The van der Waals surface area contributed by atoms with Crippen molar-refractivity contribution in [3.05, 3.63) is 59.9 Å². The molecule has 0 radical (unpaired) electrons. The van der Waals surface area contributed by atoms with E-state index >= 15 is 0 Å². The van der Waals surface area contributed by atoms with Gasteiger partial charge in [0.05, 0.1) is 0 Å². The normalized spacial score (nSPS) is 12.7. The third kappa shape index (κ3) is 4.77. The molecule has 1 aliphatic carbocycles. The number of hydrogen-bond acceptors (Lipinski definition) is 3. The molecule has 0 spiro atoms. The highest BCUT2D eigenvalue weighted by atomic mass is 127. The van der Waals surface area contributed by atoms with E-state index in [1.165, 1.54) is 34.7 Å². The van der Waals surface area contributed by atoms with Gasteiger partial charge in [0.1, 0.15) is 4.61 Å². The largest absolute Gasteiger partial charge is 0.481 e. The van der Waals surface area contributed by atoms with E-state index in [1.54, 1.807) is 0 Å². The molecule has 1 fully saturated rings. The molecule has 0 aromatic heterocycles. The van der Waals surface area contributed by atoms with Gasteiger partial charge in [0.25, 0.3) is 0 Å². The molecule has 0 amide bonds. The maximum Gasteiger partial charge on any atom is 0.338 e. The van der Waals surface area contributed by atoms with Gasteiger partial charge in [0, 0.05) is 11.1 Å². The zero-order valence-electron chi connectivity index (χ0n) is 14.5. The summed E-state index contributed by atoms with van der Waals surface area (Å²) in [6.07, 6.45) is 2.24. The fourth-order valence-corrected chi connectivity index (χ4v) is 4.11. The summed E-state index contributed by atoms with van der Waals surface area (Å²) in [6, 6.07) is 6.18. The molecule has 3 nitrogen and oxygen atoms in total. The van der Waals surface area contributed by atoms with Crippen molar-refractivity contribution in [2.45, 2.75) is 19.8 Å². The number of halogens is 4. The third-order valence-electron chi connectivity index (χ3n) is 3.73. The van der Waals surface area contributed by atoms with Crippen LogP contribution in [0.25, 0.3) is 11.1 Å². The van der Waals surface area contributed by atoms with Crippen molar-refractivity contribution in [3.63, 3.8) is 0 Å². The molecule has 0 N–H and O–H groups in total. The van der Waals surface area contributed by atoms with E-state index in [1.807, 2.05) is 0 Å². The first kappa shape index (κ1) is 19.6. The maximum absolute atomic E-state index is 14.4. The van der Waals surface area contributed by atoms with Crippen molar-refractivity contribution in [3.8, 4) is 22.6 Å². The molecule has 0 bridgehead atoms. The number of alkyl halides is 1. The van der Waals surface area contributed by atoms with Crippen LogP contribution >= 0.6 is 20.7 Å². The predicted octanol–water partition coefficient (Wildman–Crippen LogP) is 5.53. The highest BCUT2D eigenvalue weighted by molar-refractivity contribution is 14.2. The first-order valence-electron chi connectivity index (χ1n) is 8.09. The van der Waals surface area contributed by atoms with Gasteiger partial charge in [0.15, 0.2) is 23.1 Å². The fourth-order valence-electron chi connectivity index (χ4n) is 2.15. The Morgan fingerprint density at radius 1 is 1.11 bits per heavy atom. The number of ether oxygens (including phenoxy) is 2. The van der Waals surface area contributed by atoms with Crippen LogP contribution in [0, 0.1) is 17.5 Å². The second kappa shape index (κ2) is 8.24. The van der Waals surface area contributed by atoms with E-state index in [0.29, 0.717) is 4.61 Å². The van der Waals surface area contributed by atoms with Gasteiger partial charge in [-0.05, 0) is 53.1 Å². The molecule has 1 aliphatic rings. The minimum absolute atomic E-state index is 0.109.